The fourth-order valence-corrected chi connectivity index (χ4v) is 9.60. The van der Waals surface area contributed by atoms with Crippen LogP contribution in [0.3, 0.4) is 0 Å². The summed E-state index contributed by atoms with van der Waals surface area (Å²) >= 11 is 0. The summed E-state index contributed by atoms with van der Waals surface area (Å²) < 4.78 is 0. The Labute approximate surface area is 470 Å². The van der Waals surface area contributed by atoms with Crippen molar-refractivity contribution < 1.29 is 48.3 Å². The number of hydrogen-bond acceptors (Lipinski definition) is 13. The molecule has 0 radical (unpaired) electrons. The third-order valence-corrected chi connectivity index (χ3v) is 13.7. The van der Waals surface area contributed by atoms with E-state index in [2.05, 4.69) is 47.2 Å². The molecule has 1 fully saturated rings. The van der Waals surface area contributed by atoms with Gasteiger partial charge in [-0.2, -0.15) is 0 Å². The number of amides is 9. The number of nitrogens with zero attached hydrogens (tertiary/aromatic N) is 3. The standard InChI is InChI=1S/C55H78N16O10/c1-31(2)24-41(68-51(79)43(26-33-14-7-4-8-15-33)69-48(76)40-28-34-19-20-36(72)27-35(34)30-64-40)49(77)70-42(25-32-12-5-3-6-13-32)50(78)66-38(17-10-22-63-55(60)61)53(81)71-23-11-18-44(71)52(80)65-37(16-9-21-62-54(58)59)47(75)67-39(46(57)74)29-45(56)73/h3-8,12-15,19-20,27,31,37-44,64,72H,9-11,16-18,21-26,28-30H2,1-2H3,(H2,56,73)(H2,57,74)(H,65,80)(H,66,78)(H,67,75)(H,68,79)(H,69,76)(H,70,77)(H4,58,59,62)(H4,60,61,63)/t37-,38-,39-,40-,41-,42-,43-,44-/m0/s1. The first-order valence-corrected chi connectivity index (χ1v) is 27.0. The zero-order valence-electron chi connectivity index (χ0n) is 45.7. The lowest BCUT2D eigenvalue weighted by Crippen LogP contribution is -2.61. The molecule has 9 amide bonds. The maximum Gasteiger partial charge on any atom is 0.245 e. The summed E-state index contributed by atoms with van der Waals surface area (Å²) in [5.41, 5.74) is 35.9. The van der Waals surface area contributed by atoms with E-state index in [1.165, 1.54) is 4.90 Å². The first-order valence-electron chi connectivity index (χ1n) is 27.0. The molecule has 0 unspecified atom stereocenters. The highest BCUT2D eigenvalue weighted by molar-refractivity contribution is 5.98. The molecule has 81 heavy (non-hydrogen) atoms. The highest BCUT2D eigenvalue weighted by Gasteiger charge is 2.40. The number of nitrogens with one attached hydrogen (secondary N) is 7. The average Bonchev–Trinajstić information content (AvgIpc) is 4.03. The summed E-state index contributed by atoms with van der Waals surface area (Å²) in [5, 5.41) is 29.6. The molecule has 0 spiro atoms. The van der Waals surface area contributed by atoms with Gasteiger partial charge in [0.1, 0.15) is 48.0 Å². The van der Waals surface area contributed by atoms with Gasteiger partial charge in [-0.1, -0.05) is 80.6 Å². The van der Waals surface area contributed by atoms with Crippen LogP contribution in [0.15, 0.2) is 88.8 Å². The number of phenols is 1. The first kappa shape index (κ1) is 63.0. The summed E-state index contributed by atoms with van der Waals surface area (Å²) in [5.74, 6) is -7.29. The second-order valence-corrected chi connectivity index (χ2v) is 20.6. The summed E-state index contributed by atoms with van der Waals surface area (Å²) in [7, 11) is 0. The molecule has 438 valence electrons. The number of carbonyl (C=O) groups is 9. The van der Waals surface area contributed by atoms with Crippen LogP contribution in [0.5, 0.6) is 5.75 Å². The molecular weight excluding hydrogens is 1040 g/mol. The number of hydrogen-bond donors (Lipinski definition) is 14. The Hall–Kier alpha value is -8.81. The minimum absolute atomic E-state index is 0.0323. The predicted octanol–water partition coefficient (Wildman–Crippen LogP) is -2.69. The van der Waals surface area contributed by atoms with Crippen molar-refractivity contribution in [1.29, 1.82) is 0 Å². The van der Waals surface area contributed by atoms with Crippen molar-refractivity contribution in [3.63, 3.8) is 0 Å². The Bertz CT molecular complexity index is 2740. The largest absolute Gasteiger partial charge is 0.508 e. The van der Waals surface area contributed by atoms with Crippen molar-refractivity contribution in [3.05, 3.63) is 101 Å². The van der Waals surface area contributed by atoms with Gasteiger partial charge in [-0.15, -0.1) is 0 Å². The Morgan fingerprint density at radius 2 is 1.12 bits per heavy atom. The number of carbonyl (C=O) groups excluding carboxylic acids is 9. The molecule has 26 nitrogen and oxygen atoms in total. The van der Waals surface area contributed by atoms with Crippen molar-refractivity contribution >= 4 is 65.1 Å². The van der Waals surface area contributed by atoms with Gasteiger partial charge in [-0.3, -0.25) is 53.1 Å². The van der Waals surface area contributed by atoms with E-state index < -0.39 is 108 Å². The minimum atomic E-state index is -1.49. The maximum absolute atomic E-state index is 14.8. The quantitative estimate of drug-likeness (QED) is 0.0184. The summed E-state index contributed by atoms with van der Waals surface area (Å²) in [6.45, 7) is 4.23. The van der Waals surface area contributed by atoms with E-state index in [9.17, 15) is 48.3 Å². The Morgan fingerprint density at radius 1 is 0.617 bits per heavy atom. The van der Waals surface area contributed by atoms with Crippen LogP contribution >= 0.6 is 0 Å². The average molecular weight is 1120 g/mol. The molecule has 26 heteroatoms. The van der Waals surface area contributed by atoms with Crippen LogP contribution in [-0.4, -0.2) is 143 Å². The number of phenolic OH excluding ortho intramolecular Hbond substituents is 1. The van der Waals surface area contributed by atoms with Crippen molar-refractivity contribution in [2.45, 2.75) is 139 Å². The molecular formula is C55H78N16O10. The lowest BCUT2D eigenvalue weighted by molar-refractivity contribution is -0.142. The maximum atomic E-state index is 14.8. The van der Waals surface area contributed by atoms with Gasteiger partial charge in [-0.05, 0) is 91.7 Å². The monoisotopic (exact) mass is 1120 g/mol. The molecule has 2 aliphatic heterocycles. The molecule has 3 aromatic rings. The van der Waals surface area contributed by atoms with E-state index in [1.807, 2.05) is 32.0 Å². The van der Waals surface area contributed by atoms with E-state index in [-0.39, 0.29) is 94.6 Å². The number of aromatic hydroxyl groups is 1. The van der Waals surface area contributed by atoms with Gasteiger partial charge in [-0.25, -0.2) is 0 Å². The van der Waals surface area contributed by atoms with Crippen LogP contribution in [0.1, 0.15) is 87.5 Å². The second-order valence-electron chi connectivity index (χ2n) is 20.6. The van der Waals surface area contributed by atoms with Gasteiger partial charge in [0.25, 0.3) is 0 Å². The van der Waals surface area contributed by atoms with Crippen molar-refractivity contribution in [3.8, 4) is 5.75 Å². The highest BCUT2D eigenvalue weighted by atomic mass is 16.3. The Kier molecular flexibility index (Phi) is 24.2. The topological polar surface area (TPSA) is 442 Å². The summed E-state index contributed by atoms with van der Waals surface area (Å²) in [4.78, 5) is 133. The number of likely N-dealkylation sites (tertiary alicyclic amines) is 1. The number of aliphatic imine (C=N–C) groups is 2. The number of guanidine groups is 2. The fraction of sp³-hybridized carbons (Fsp3) is 0.473. The molecule has 1 saturated heterocycles. The smallest absolute Gasteiger partial charge is 0.245 e. The van der Waals surface area contributed by atoms with Crippen LogP contribution in [0.2, 0.25) is 0 Å². The van der Waals surface area contributed by atoms with Gasteiger partial charge < -0.3 is 81.6 Å². The first-order chi connectivity index (χ1) is 38.6. The number of benzene rings is 3. The Morgan fingerprint density at radius 3 is 1.68 bits per heavy atom. The Balaban J connectivity index is 1.38. The van der Waals surface area contributed by atoms with Gasteiger partial charge in [0.05, 0.1) is 12.5 Å². The molecule has 8 atom stereocenters. The van der Waals surface area contributed by atoms with E-state index in [4.69, 9.17) is 34.4 Å². The highest BCUT2D eigenvalue weighted by Crippen LogP contribution is 2.23. The van der Waals surface area contributed by atoms with E-state index >= 15 is 0 Å². The number of primary amides is 2. The van der Waals surface area contributed by atoms with Gasteiger partial charge in [0, 0.05) is 39.0 Å². The van der Waals surface area contributed by atoms with Gasteiger partial charge >= 0.3 is 0 Å². The lowest BCUT2D eigenvalue weighted by Gasteiger charge is -2.31. The van der Waals surface area contributed by atoms with Gasteiger partial charge in [0.2, 0.25) is 53.2 Å². The SMILES string of the molecule is CC(C)C[C@H](NC(=O)[C@H](Cc1ccccc1)NC(=O)[C@@H]1Cc2ccc(O)cc2CN1)C(=O)N[C@@H](Cc1ccccc1)C(=O)N[C@@H](CCCN=C(N)N)C(=O)N1CCC[C@H]1C(=O)N[C@@H](CCCN=C(N)N)C(=O)N[C@@H](CC(N)=O)C(N)=O. The summed E-state index contributed by atoms with van der Waals surface area (Å²) in [6.07, 6.45) is 0.611. The molecule has 0 saturated carbocycles. The molecule has 20 N–H and O–H groups in total. The molecule has 3 aromatic carbocycles. The van der Waals surface area contributed by atoms with E-state index in [0.717, 1.165) is 16.7 Å². The lowest BCUT2D eigenvalue weighted by atomic mass is 9.94. The molecule has 2 aliphatic rings. The predicted molar refractivity (Wildman–Crippen MR) is 301 cm³/mol. The molecule has 0 aliphatic carbocycles. The van der Waals surface area contributed by atoms with E-state index in [0.29, 0.717) is 24.9 Å². The van der Waals surface area contributed by atoms with Crippen LogP contribution < -0.4 is 71.6 Å². The third-order valence-electron chi connectivity index (χ3n) is 13.7. The summed E-state index contributed by atoms with van der Waals surface area (Å²) in [6, 6.07) is 13.1. The minimum Gasteiger partial charge on any atom is -0.508 e. The molecule has 5 rings (SSSR count). The molecule has 0 aromatic heterocycles. The third kappa shape index (κ3) is 20.4. The molecule has 0 bridgehead atoms. The van der Waals surface area contributed by atoms with Crippen LogP contribution in [0.25, 0.3) is 0 Å². The van der Waals surface area contributed by atoms with Crippen molar-refractivity contribution in [1.82, 2.24) is 42.1 Å². The number of rotatable bonds is 30. The van der Waals surface area contributed by atoms with Crippen LogP contribution in [0, 0.1) is 5.92 Å². The number of nitrogens with two attached hydrogens (primary N) is 6. The zero-order chi connectivity index (χ0) is 59.2. The van der Waals surface area contributed by atoms with Crippen molar-refractivity contribution in [2.24, 2.45) is 50.3 Å². The zero-order valence-corrected chi connectivity index (χ0v) is 45.7. The fourth-order valence-electron chi connectivity index (χ4n) is 9.60. The van der Waals surface area contributed by atoms with Crippen LogP contribution in [0.4, 0.5) is 0 Å². The normalized spacial score (nSPS) is 16.8. The number of fused-ring (bicyclic) bond motifs is 1. The molecule has 2 heterocycles. The second kappa shape index (κ2) is 31.1. The van der Waals surface area contributed by atoms with Crippen molar-refractivity contribution in [2.75, 3.05) is 19.6 Å². The van der Waals surface area contributed by atoms with Crippen LogP contribution in [-0.2, 0) is 69.0 Å². The van der Waals surface area contributed by atoms with Gasteiger partial charge in [0.15, 0.2) is 11.9 Å². The van der Waals surface area contributed by atoms with E-state index in [1.54, 1.807) is 60.7 Å².